The van der Waals surface area contributed by atoms with E-state index in [1.54, 1.807) is 13.0 Å². The standard InChI is InChI=1S/C11H12Cl2O3/c1-3-7(11(14)15)8-4-6(12)5-9(13)10(8)16-2/h4-5,7H,3H2,1-2H3,(H,14,15). The van der Waals surface area contributed by atoms with Crippen molar-refractivity contribution in [3.05, 3.63) is 27.7 Å². The largest absolute Gasteiger partial charge is 0.495 e. The number of carboxylic acids is 1. The lowest BCUT2D eigenvalue weighted by Crippen LogP contribution is -2.12. The number of carboxylic acid groups (broad SMARTS) is 1. The van der Waals surface area contributed by atoms with Crippen molar-refractivity contribution < 1.29 is 14.6 Å². The normalized spacial score (nSPS) is 12.2. The first-order valence-electron chi connectivity index (χ1n) is 4.77. The summed E-state index contributed by atoms with van der Waals surface area (Å²) in [6, 6.07) is 3.11. The summed E-state index contributed by atoms with van der Waals surface area (Å²) in [6.07, 6.45) is 0.447. The minimum Gasteiger partial charge on any atom is -0.495 e. The third-order valence-electron chi connectivity index (χ3n) is 2.32. The van der Waals surface area contributed by atoms with Gasteiger partial charge in [0.1, 0.15) is 5.75 Å². The van der Waals surface area contributed by atoms with Crippen LogP contribution in [0.1, 0.15) is 24.8 Å². The highest BCUT2D eigenvalue weighted by molar-refractivity contribution is 6.35. The summed E-state index contributed by atoms with van der Waals surface area (Å²) in [7, 11) is 1.45. The fourth-order valence-electron chi connectivity index (χ4n) is 1.58. The van der Waals surface area contributed by atoms with Gasteiger partial charge >= 0.3 is 5.97 Å². The molecule has 0 bridgehead atoms. The minimum absolute atomic E-state index is 0.324. The molecule has 3 nitrogen and oxygen atoms in total. The molecular formula is C11H12Cl2O3. The number of halogens is 2. The third kappa shape index (κ3) is 2.60. The van der Waals surface area contributed by atoms with Crippen LogP contribution in [0.3, 0.4) is 0 Å². The third-order valence-corrected chi connectivity index (χ3v) is 2.82. The summed E-state index contributed by atoms with van der Waals surface area (Å²) in [5, 5.41) is 9.81. The van der Waals surface area contributed by atoms with Crippen LogP contribution in [0.4, 0.5) is 0 Å². The zero-order valence-corrected chi connectivity index (χ0v) is 10.5. The molecule has 16 heavy (non-hydrogen) atoms. The Labute approximate surface area is 104 Å². The van der Waals surface area contributed by atoms with Gasteiger partial charge in [-0.3, -0.25) is 4.79 Å². The van der Waals surface area contributed by atoms with E-state index in [-0.39, 0.29) is 0 Å². The van der Waals surface area contributed by atoms with Crippen LogP contribution < -0.4 is 4.74 Å². The van der Waals surface area contributed by atoms with E-state index >= 15 is 0 Å². The second kappa shape index (κ2) is 5.41. The van der Waals surface area contributed by atoms with Gasteiger partial charge in [0.05, 0.1) is 18.1 Å². The molecule has 1 unspecified atom stereocenters. The Morgan fingerprint density at radius 2 is 2.12 bits per heavy atom. The van der Waals surface area contributed by atoms with Gasteiger partial charge in [0.2, 0.25) is 0 Å². The zero-order valence-electron chi connectivity index (χ0n) is 8.96. The molecule has 5 heteroatoms. The topological polar surface area (TPSA) is 46.5 Å². The first kappa shape index (κ1) is 13.1. The van der Waals surface area contributed by atoms with Crippen LogP contribution in [0, 0.1) is 0 Å². The number of rotatable bonds is 4. The fraction of sp³-hybridized carbons (Fsp3) is 0.364. The molecule has 0 aromatic heterocycles. The van der Waals surface area contributed by atoms with Crippen molar-refractivity contribution in [1.29, 1.82) is 0 Å². The molecule has 0 aliphatic carbocycles. The molecule has 1 N–H and O–H groups in total. The Hall–Kier alpha value is -0.930. The SMILES string of the molecule is CCC(C(=O)O)c1cc(Cl)cc(Cl)c1OC. The molecule has 1 rings (SSSR count). The van der Waals surface area contributed by atoms with Gasteiger partial charge in [0.25, 0.3) is 0 Å². The molecule has 0 fully saturated rings. The molecule has 1 aromatic carbocycles. The van der Waals surface area contributed by atoms with Gasteiger partial charge in [-0.1, -0.05) is 30.1 Å². The van der Waals surface area contributed by atoms with Crippen LogP contribution in [0.5, 0.6) is 5.75 Å². The van der Waals surface area contributed by atoms with E-state index in [0.29, 0.717) is 27.8 Å². The van der Waals surface area contributed by atoms with Gasteiger partial charge in [0.15, 0.2) is 0 Å². The van der Waals surface area contributed by atoms with Crippen LogP contribution in [-0.2, 0) is 4.79 Å². The van der Waals surface area contributed by atoms with Crippen LogP contribution >= 0.6 is 23.2 Å². The number of hydrogen-bond donors (Lipinski definition) is 1. The lowest BCUT2D eigenvalue weighted by Gasteiger charge is -2.16. The smallest absolute Gasteiger partial charge is 0.311 e. The van der Waals surface area contributed by atoms with Gasteiger partial charge < -0.3 is 9.84 Å². The van der Waals surface area contributed by atoms with Crippen molar-refractivity contribution in [3.8, 4) is 5.75 Å². The second-order valence-corrected chi connectivity index (χ2v) is 4.15. The van der Waals surface area contributed by atoms with E-state index < -0.39 is 11.9 Å². The van der Waals surface area contributed by atoms with Crippen LogP contribution in [-0.4, -0.2) is 18.2 Å². The molecule has 0 aliphatic heterocycles. The first-order valence-corrected chi connectivity index (χ1v) is 5.52. The summed E-state index contributed by atoms with van der Waals surface area (Å²) in [4.78, 5) is 11.1. The number of carbonyl (C=O) groups is 1. The Balaban J connectivity index is 3.34. The van der Waals surface area contributed by atoms with Crippen LogP contribution in [0.25, 0.3) is 0 Å². The summed E-state index contributed by atoms with van der Waals surface area (Å²) in [5.41, 5.74) is 0.509. The first-order chi connectivity index (χ1) is 7.51. The van der Waals surface area contributed by atoms with Crippen molar-refractivity contribution in [2.24, 2.45) is 0 Å². The van der Waals surface area contributed by atoms with E-state index in [0.717, 1.165) is 0 Å². The Bertz CT molecular complexity index is 404. The van der Waals surface area contributed by atoms with Crippen molar-refractivity contribution in [3.63, 3.8) is 0 Å². The average Bonchev–Trinajstić information content (AvgIpc) is 2.17. The Kier molecular flexibility index (Phi) is 4.44. The van der Waals surface area contributed by atoms with Crippen LogP contribution in [0.15, 0.2) is 12.1 Å². The van der Waals surface area contributed by atoms with E-state index in [1.807, 2.05) is 0 Å². The van der Waals surface area contributed by atoms with Gasteiger partial charge in [-0.2, -0.15) is 0 Å². The number of hydrogen-bond acceptors (Lipinski definition) is 2. The second-order valence-electron chi connectivity index (χ2n) is 3.31. The molecule has 0 amide bonds. The van der Waals surface area contributed by atoms with Gasteiger partial charge in [0, 0.05) is 10.6 Å². The highest BCUT2D eigenvalue weighted by Gasteiger charge is 2.23. The molecule has 88 valence electrons. The van der Waals surface area contributed by atoms with Gasteiger partial charge in [-0.25, -0.2) is 0 Å². The van der Waals surface area contributed by atoms with Crippen molar-refractivity contribution in [2.45, 2.75) is 19.3 Å². The van der Waals surface area contributed by atoms with E-state index in [4.69, 9.17) is 33.0 Å². The highest BCUT2D eigenvalue weighted by Crippen LogP contribution is 2.37. The predicted octanol–water partition coefficient (Wildman–Crippen LogP) is 3.58. The van der Waals surface area contributed by atoms with Crippen molar-refractivity contribution in [1.82, 2.24) is 0 Å². The lowest BCUT2D eigenvalue weighted by atomic mass is 9.96. The number of ether oxygens (including phenoxy) is 1. The average molecular weight is 263 g/mol. The molecule has 0 aliphatic rings. The molecule has 0 spiro atoms. The number of benzene rings is 1. The molecule has 1 aromatic rings. The van der Waals surface area contributed by atoms with Crippen molar-refractivity contribution >= 4 is 29.2 Å². The number of aliphatic carboxylic acids is 1. The molecule has 1 atom stereocenters. The van der Waals surface area contributed by atoms with E-state index in [2.05, 4.69) is 0 Å². The van der Waals surface area contributed by atoms with Gasteiger partial charge in [-0.15, -0.1) is 0 Å². The molecular weight excluding hydrogens is 251 g/mol. The fourth-order valence-corrected chi connectivity index (χ4v) is 2.17. The maximum atomic E-state index is 11.1. The van der Waals surface area contributed by atoms with Gasteiger partial charge in [-0.05, 0) is 18.6 Å². The minimum atomic E-state index is -0.917. The molecule has 0 saturated heterocycles. The number of methoxy groups -OCH3 is 1. The predicted molar refractivity (Wildman–Crippen MR) is 63.7 cm³/mol. The summed E-state index contributed by atoms with van der Waals surface area (Å²) < 4.78 is 5.11. The van der Waals surface area contributed by atoms with Crippen molar-refractivity contribution in [2.75, 3.05) is 7.11 Å². The zero-order chi connectivity index (χ0) is 12.3. The highest BCUT2D eigenvalue weighted by atomic mass is 35.5. The Morgan fingerprint density at radius 3 is 2.56 bits per heavy atom. The maximum Gasteiger partial charge on any atom is 0.311 e. The van der Waals surface area contributed by atoms with Crippen LogP contribution in [0.2, 0.25) is 10.0 Å². The molecule has 0 heterocycles. The quantitative estimate of drug-likeness (QED) is 0.903. The molecule has 0 radical (unpaired) electrons. The summed E-state index contributed by atoms with van der Waals surface area (Å²) in [6.45, 7) is 1.78. The summed E-state index contributed by atoms with van der Waals surface area (Å²) in [5.74, 6) is -1.20. The monoisotopic (exact) mass is 262 g/mol. The lowest BCUT2D eigenvalue weighted by molar-refractivity contribution is -0.138. The van der Waals surface area contributed by atoms with E-state index in [9.17, 15) is 4.79 Å². The van der Waals surface area contributed by atoms with E-state index in [1.165, 1.54) is 13.2 Å². The maximum absolute atomic E-state index is 11.1. The molecule has 0 saturated carbocycles. The summed E-state index contributed by atoms with van der Waals surface area (Å²) >= 11 is 11.8. The Morgan fingerprint density at radius 1 is 1.50 bits per heavy atom.